The number of hydrogen-bond donors (Lipinski definition) is 1. The highest BCUT2D eigenvalue weighted by Crippen LogP contribution is 2.25. The van der Waals surface area contributed by atoms with Gasteiger partial charge in [-0.05, 0) is 20.8 Å². The molecule has 0 saturated heterocycles. The Morgan fingerprint density at radius 3 is 2.18 bits per heavy atom. The van der Waals surface area contributed by atoms with Crippen molar-refractivity contribution in [2.45, 2.75) is 26.2 Å². The Kier molecular flexibility index (Phi) is 1.92. The van der Waals surface area contributed by atoms with Crippen LogP contribution in [0.1, 0.15) is 25.8 Å². The van der Waals surface area contributed by atoms with Crippen LogP contribution < -0.4 is 4.57 Å². The zero-order chi connectivity index (χ0) is 8.65. The molecule has 3 heteroatoms. The first kappa shape index (κ1) is 8.53. The van der Waals surface area contributed by atoms with E-state index in [0.29, 0.717) is 5.88 Å². The zero-order valence-electron chi connectivity index (χ0n) is 7.38. The summed E-state index contributed by atoms with van der Waals surface area (Å²) in [4.78, 5) is 0. The highest BCUT2D eigenvalue weighted by Gasteiger charge is 2.27. The molecule has 0 bridgehead atoms. The third kappa shape index (κ3) is 1.53. The van der Waals surface area contributed by atoms with E-state index in [4.69, 9.17) is 0 Å². The second-order valence-corrected chi connectivity index (χ2v) is 4.57. The van der Waals surface area contributed by atoms with Crippen LogP contribution in [-0.4, -0.2) is 5.11 Å². The van der Waals surface area contributed by atoms with Crippen LogP contribution >= 0.6 is 11.3 Å². The summed E-state index contributed by atoms with van der Waals surface area (Å²) in [7, 11) is 1.88. The minimum Gasteiger partial charge on any atom is -0.459 e. The molecule has 0 unspecified atom stereocenters. The van der Waals surface area contributed by atoms with E-state index >= 15 is 0 Å². The fourth-order valence-electron chi connectivity index (χ4n) is 1.05. The lowest BCUT2D eigenvalue weighted by atomic mass is 9.98. The van der Waals surface area contributed by atoms with Crippen molar-refractivity contribution >= 4 is 11.3 Å². The van der Waals surface area contributed by atoms with E-state index in [9.17, 15) is 5.11 Å². The summed E-state index contributed by atoms with van der Waals surface area (Å²) < 4.78 is 1.82. The van der Waals surface area contributed by atoms with E-state index < -0.39 is 0 Å². The van der Waals surface area contributed by atoms with Crippen molar-refractivity contribution in [3.63, 3.8) is 0 Å². The van der Waals surface area contributed by atoms with Crippen LogP contribution in [0.25, 0.3) is 0 Å². The van der Waals surface area contributed by atoms with Crippen LogP contribution in [0.5, 0.6) is 5.88 Å². The van der Waals surface area contributed by atoms with Gasteiger partial charge in [0.2, 0.25) is 5.01 Å². The molecule has 0 atom stereocenters. The van der Waals surface area contributed by atoms with Gasteiger partial charge < -0.3 is 5.11 Å². The highest BCUT2D eigenvalue weighted by molar-refractivity contribution is 7.09. The van der Waals surface area contributed by atoms with E-state index in [1.54, 1.807) is 16.7 Å². The molecule has 1 aromatic rings. The van der Waals surface area contributed by atoms with E-state index in [-0.39, 0.29) is 5.41 Å². The predicted molar refractivity (Wildman–Crippen MR) is 45.9 cm³/mol. The molecule has 0 aliphatic rings. The molecule has 1 aromatic heterocycles. The fraction of sp³-hybridized carbons (Fsp3) is 0.625. The lowest BCUT2D eigenvalue weighted by Gasteiger charge is -2.10. The summed E-state index contributed by atoms with van der Waals surface area (Å²) in [6, 6.07) is 0. The number of rotatable bonds is 0. The summed E-state index contributed by atoms with van der Waals surface area (Å²) in [5, 5.41) is 12.2. The minimum atomic E-state index is 0.125. The van der Waals surface area contributed by atoms with Gasteiger partial charge in [0.1, 0.15) is 12.4 Å². The number of thiazole rings is 1. The Balaban J connectivity index is 3.15. The third-order valence-corrected chi connectivity index (χ3v) is 3.00. The summed E-state index contributed by atoms with van der Waals surface area (Å²) in [5.41, 5.74) is 0.125. The Morgan fingerprint density at radius 1 is 1.45 bits per heavy atom. The average molecular weight is 172 g/mol. The van der Waals surface area contributed by atoms with Crippen LogP contribution in [0.3, 0.4) is 0 Å². The highest BCUT2D eigenvalue weighted by atomic mass is 32.1. The molecule has 0 radical (unpaired) electrons. The topological polar surface area (TPSA) is 24.1 Å². The number of hydrogen-bond acceptors (Lipinski definition) is 2. The fourth-order valence-corrected chi connectivity index (χ4v) is 2.03. The first-order valence-corrected chi connectivity index (χ1v) is 4.48. The molecule has 0 spiro atoms. The van der Waals surface area contributed by atoms with Crippen LogP contribution in [0.4, 0.5) is 0 Å². The van der Waals surface area contributed by atoms with Gasteiger partial charge in [0.25, 0.3) is 0 Å². The molecule has 0 saturated carbocycles. The zero-order valence-corrected chi connectivity index (χ0v) is 8.20. The molecule has 0 aliphatic carbocycles. The Hall–Kier alpha value is -0.570. The quantitative estimate of drug-likeness (QED) is 0.590. The largest absolute Gasteiger partial charge is 0.459 e. The standard InChI is InChI=1S/C8H13NOS/c1-8(2,3)7-9(4)6(10)5-11-7/h5H,1-4H3/p+1. The predicted octanol–water partition coefficient (Wildman–Crippen LogP) is 1.58. The molecule has 1 heterocycles. The molecule has 0 amide bonds. The van der Waals surface area contributed by atoms with Crippen molar-refractivity contribution in [2.75, 3.05) is 0 Å². The van der Waals surface area contributed by atoms with Crippen molar-refractivity contribution in [1.29, 1.82) is 0 Å². The average Bonchev–Trinajstić information content (AvgIpc) is 2.11. The first-order chi connectivity index (χ1) is 4.93. The second-order valence-electron chi connectivity index (χ2n) is 3.71. The van der Waals surface area contributed by atoms with Gasteiger partial charge in [-0.15, -0.1) is 0 Å². The molecular weight excluding hydrogens is 158 g/mol. The number of aromatic hydroxyl groups is 1. The van der Waals surface area contributed by atoms with E-state index in [1.807, 2.05) is 11.6 Å². The summed E-state index contributed by atoms with van der Waals surface area (Å²) in [6.45, 7) is 6.41. The second kappa shape index (κ2) is 2.48. The van der Waals surface area contributed by atoms with Gasteiger partial charge in [-0.1, -0.05) is 11.3 Å². The van der Waals surface area contributed by atoms with Crippen molar-refractivity contribution in [3.05, 3.63) is 10.4 Å². The normalized spacial score (nSPS) is 12.0. The van der Waals surface area contributed by atoms with Crippen molar-refractivity contribution in [3.8, 4) is 5.88 Å². The maximum absolute atomic E-state index is 9.28. The summed E-state index contributed by atoms with van der Waals surface area (Å²) in [6.07, 6.45) is 0. The molecular formula is C8H14NOS+. The minimum absolute atomic E-state index is 0.125. The number of aromatic nitrogens is 1. The Bertz CT molecular complexity index is 260. The van der Waals surface area contributed by atoms with Crippen molar-refractivity contribution in [2.24, 2.45) is 7.05 Å². The Labute approximate surface area is 71.1 Å². The molecule has 1 N–H and O–H groups in total. The van der Waals surface area contributed by atoms with E-state index in [2.05, 4.69) is 20.8 Å². The third-order valence-electron chi connectivity index (χ3n) is 1.57. The van der Waals surface area contributed by atoms with Crippen molar-refractivity contribution in [1.82, 2.24) is 0 Å². The SMILES string of the molecule is C[n+]1c(O)csc1C(C)(C)C. The molecule has 0 aromatic carbocycles. The van der Waals surface area contributed by atoms with Crippen molar-refractivity contribution < 1.29 is 9.67 Å². The molecule has 2 nitrogen and oxygen atoms in total. The molecule has 62 valence electrons. The molecule has 1 rings (SSSR count). The van der Waals surface area contributed by atoms with Crippen LogP contribution in [-0.2, 0) is 12.5 Å². The monoisotopic (exact) mass is 172 g/mol. The van der Waals surface area contributed by atoms with Crippen LogP contribution in [0.2, 0.25) is 0 Å². The number of nitrogens with zero attached hydrogens (tertiary/aromatic N) is 1. The van der Waals surface area contributed by atoms with Gasteiger partial charge in [-0.2, -0.15) is 4.57 Å². The lowest BCUT2D eigenvalue weighted by Crippen LogP contribution is -2.36. The van der Waals surface area contributed by atoms with Gasteiger partial charge in [-0.3, -0.25) is 0 Å². The van der Waals surface area contributed by atoms with Gasteiger partial charge in [0.05, 0.1) is 5.41 Å². The van der Waals surface area contributed by atoms with Crippen LogP contribution in [0.15, 0.2) is 5.38 Å². The molecule has 0 aliphatic heterocycles. The summed E-state index contributed by atoms with van der Waals surface area (Å²) >= 11 is 1.60. The van der Waals surface area contributed by atoms with Gasteiger partial charge in [-0.25, -0.2) is 0 Å². The maximum Gasteiger partial charge on any atom is 0.376 e. The summed E-state index contributed by atoms with van der Waals surface area (Å²) in [5.74, 6) is 0.347. The van der Waals surface area contributed by atoms with Gasteiger partial charge in [0.15, 0.2) is 0 Å². The smallest absolute Gasteiger partial charge is 0.376 e. The van der Waals surface area contributed by atoms with Gasteiger partial charge in [0, 0.05) is 0 Å². The van der Waals surface area contributed by atoms with E-state index in [1.165, 1.54) is 5.01 Å². The molecule has 11 heavy (non-hydrogen) atoms. The van der Waals surface area contributed by atoms with E-state index in [0.717, 1.165) is 0 Å². The Morgan fingerprint density at radius 2 is 2.00 bits per heavy atom. The maximum atomic E-state index is 9.28. The van der Waals surface area contributed by atoms with Gasteiger partial charge >= 0.3 is 5.88 Å². The lowest BCUT2D eigenvalue weighted by molar-refractivity contribution is -0.683. The molecule has 0 fully saturated rings. The first-order valence-electron chi connectivity index (χ1n) is 3.60. The van der Waals surface area contributed by atoms with Crippen LogP contribution in [0, 0.1) is 0 Å².